The van der Waals surface area contributed by atoms with Crippen LogP contribution in [0.25, 0.3) is 0 Å². The molecule has 3 rings (SSSR count). The van der Waals surface area contributed by atoms with Crippen LogP contribution in [0.2, 0.25) is 0 Å². The van der Waals surface area contributed by atoms with E-state index in [1.165, 1.54) is 0 Å². The summed E-state index contributed by atoms with van der Waals surface area (Å²) in [6, 6.07) is 17.5. The zero-order valence-electron chi connectivity index (χ0n) is 15.0. The van der Waals surface area contributed by atoms with Crippen molar-refractivity contribution in [3.63, 3.8) is 0 Å². The first-order valence-electron chi connectivity index (χ1n) is 8.50. The molecule has 4 nitrogen and oxygen atoms in total. The van der Waals surface area contributed by atoms with Gasteiger partial charge in [-0.1, -0.05) is 60.2 Å². The van der Waals surface area contributed by atoms with Crippen molar-refractivity contribution in [1.29, 1.82) is 0 Å². The van der Waals surface area contributed by atoms with E-state index in [4.69, 9.17) is 4.74 Å². The minimum absolute atomic E-state index is 0.0135. The fraction of sp³-hybridized carbons (Fsp3) is 0.400. The van der Waals surface area contributed by atoms with Crippen molar-refractivity contribution in [3.05, 3.63) is 71.3 Å². The van der Waals surface area contributed by atoms with Crippen molar-refractivity contribution in [2.75, 3.05) is 13.2 Å². The summed E-state index contributed by atoms with van der Waals surface area (Å²) in [6.45, 7) is 6.52. The number of ether oxygens (including phenoxy) is 1. The van der Waals surface area contributed by atoms with E-state index in [1.54, 1.807) is 4.31 Å². The molecule has 134 valence electrons. The molecule has 0 N–H and O–H groups in total. The summed E-state index contributed by atoms with van der Waals surface area (Å²) in [5.74, 6) is 0.0135. The van der Waals surface area contributed by atoms with Gasteiger partial charge >= 0.3 is 0 Å². The van der Waals surface area contributed by atoms with Crippen LogP contribution in [0.3, 0.4) is 0 Å². The molecule has 0 spiro atoms. The predicted octanol–water partition coefficient (Wildman–Crippen LogP) is 3.68. The summed E-state index contributed by atoms with van der Waals surface area (Å²) >= 11 is 0. The molecule has 25 heavy (non-hydrogen) atoms. The smallest absolute Gasteiger partial charge is 0.218 e. The van der Waals surface area contributed by atoms with Crippen LogP contribution in [0.1, 0.15) is 36.6 Å². The van der Waals surface area contributed by atoms with Gasteiger partial charge < -0.3 is 4.74 Å². The lowest BCUT2D eigenvalue weighted by Gasteiger charge is -2.44. The molecule has 2 aromatic carbocycles. The molecule has 0 saturated carbocycles. The lowest BCUT2D eigenvalue weighted by Crippen LogP contribution is -2.56. The topological polar surface area (TPSA) is 46.6 Å². The van der Waals surface area contributed by atoms with Crippen LogP contribution < -0.4 is 0 Å². The van der Waals surface area contributed by atoms with E-state index in [0.717, 1.165) is 16.7 Å². The maximum atomic E-state index is 13.1. The highest BCUT2D eigenvalue weighted by Gasteiger charge is 2.42. The second-order valence-electron chi connectivity index (χ2n) is 7.30. The Morgan fingerprint density at radius 1 is 1.12 bits per heavy atom. The maximum absolute atomic E-state index is 13.1. The van der Waals surface area contributed by atoms with E-state index in [1.807, 2.05) is 75.4 Å². The number of morpholine rings is 1. The zero-order valence-corrected chi connectivity index (χ0v) is 15.8. The minimum atomic E-state index is -3.45. The number of hydrogen-bond donors (Lipinski definition) is 0. The third-order valence-corrected chi connectivity index (χ3v) is 6.60. The SMILES string of the molecule is Cc1cccc(CS(=O)(=O)N2CC(c3ccccc3)OCC2(C)C)c1. The lowest BCUT2D eigenvalue weighted by atomic mass is 10.0. The molecule has 1 aliphatic rings. The van der Waals surface area contributed by atoms with Crippen LogP contribution >= 0.6 is 0 Å². The molecule has 0 aromatic heterocycles. The number of nitrogens with zero attached hydrogens (tertiary/aromatic N) is 1. The van der Waals surface area contributed by atoms with Gasteiger partial charge in [0.2, 0.25) is 10.0 Å². The quantitative estimate of drug-likeness (QED) is 0.837. The molecule has 1 fully saturated rings. The lowest BCUT2D eigenvalue weighted by molar-refractivity contribution is -0.0655. The highest BCUT2D eigenvalue weighted by molar-refractivity contribution is 7.88. The molecular formula is C20H25NO3S. The van der Waals surface area contributed by atoms with Crippen molar-refractivity contribution < 1.29 is 13.2 Å². The van der Waals surface area contributed by atoms with Crippen molar-refractivity contribution in [1.82, 2.24) is 4.31 Å². The van der Waals surface area contributed by atoms with Gasteiger partial charge in [0, 0.05) is 6.54 Å². The van der Waals surface area contributed by atoms with Gasteiger partial charge in [-0.3, -0.25) is 0 Å². The molecule has 1 unspecified atom stereocenters. The molecule has 0 amide bonds. The Morgan fingerprint density at radius 2 is 1.84 bits per heavy atom. The third kappa shape index (κ3) is 4.11. The van der Waals surface area contributed by atoms with Crippen LogP contribution in [0, 0.1) is 6.92 Å². The van der Waals surface area contributed by atoms with E-state index in [0.29, 0.717) is 13.2 Å². The summed E-state index contributed by atoms with van der Waals surface area (Å²) in [5, 5.41) is 0. The van der Waals surface area contributed by atoms with E-state index < -0.39 is 15.6 Å². The standard InChI is InChI=1S/C20H25NO3S/c1-16-8-7-9-17(12-16)14-25(22,23)21-13-19(24-15-20(21,2)3)18-10-5-4-6-11-18/h4-12,19H,13-15H2,1-3H3. The van der Waals surface area contributed by atoms with Gasteiger partial charge in [-0.05, 0) is 31.9 Å². The average Bonchev–Trinajstić information content (AvgIpc) is 2.55. The number of hydrogen-bond acceptors (Lipinski definition) is 3. The van der Waals surface area contributed by atoms with Crippen LogP contribution in [-0.2, 0) is 20.5 Å². The third-order valence-electron chi connectivity index (χ3n) is 4.58. The van der Waals surface area contributed by atoms with Gasteiger partial charge in [0.15, 0.2) is 0 Å². The Kier molecular flexibility index (Phi) is 5.00. The molecule has 2 aromatic rings. The first-order chi connectivity index (χ1) is 11.8. The molecule has 1 atom stereocenters. The van der Waals surface area contributed by atoms with E-state index in [2.05, 4.69) is 0 Å². The fourth-order valence-electron chi connectivity index (χ4n) is 3.28. The Bertz CT molecular complexity index is 831. The fourth-order valence-corrected chi connectivity index (χ4v) is 5.20. The van der Waals surface area contributed by atoms with Crippen molar-refractivity contribution in [3.8, 4) is 0 Å². The second kappa shape index (κ2) is 6.90. The molecule has 1 aliphatic heterocycles. The molecule has 0 aliphatic carbocycles. The highest BCUT2D eigenvalue weighted by atomic mass is 32.2. The number of sulfonamides is 1. The van der Waals surface area contributed by atoms with Crippen LogP contribution in [0.15, 0.2) is 54.6 Å². The zero-order chi connectivity index (χ0) is 18.1. The summed E-state index contributed by atoms with van der Waals surface area (Å²) in [7, 11) is -3.45. The largest absolute Gasteiger partial charge is 0.370 e. The molecule has 1 saturated heterocycles. The Hall–Kier alpha value is -1.69. The summed E-state index contributed by atoms with van der Waals surface area (Å²) in [6.07, 6.45) is -0.235. The molecular weight excluding hydrogens is 334 g/mol. The number of rotatable bonds is 4. The molecule has 5 heteroatoms. The normalized spacial score (nSPS) is 21.2. The second-order valence-corrected chi connectivity index (χ2v) is 9.19. The van der Waals surface area contributed by atoms with Gasteiger partial charge in [-0.2, -0.15) is 4.31 Å². The van der Waals surface area contributed by atoms with E-state index >= 15 is 0 Å². The highest BCUT2D eigenvalue weighted by Crippen LogP contribution is 2.33. The first kappa shape index (κ1) is 18.1. The summed E-state index contributed by atoms with van der Waals surface area (Å²) in [4.78, 5) is 0. The first-order valence-corrected chi connectivity index (χ1v) is 10.1. The monoisotopic (exact) mass is 359 g/mol. The Labute approximate surface area is 150 Å². The van der Waals surface area contributed by atoms with Gasteiger partial charge in [-0.25, -0.2) is 8.42 Å². The van der Waals surface area contributed by atoms with Crippen LogP contribution in [0.5, 0.6) is 0 Å². The minimum Gasteiger partial charge on any atom is -0.370 e. The van der Waals surface area contributed by atoms with Crippen LogP contribution in [0.4, 0.5) is 0 Å². The van der Waals surface area contributed by atoms with E-state index in [9.17, 15) is 8.42 Å². The summed E-state index contributed by atoms with van der Waals surface area (Å²) < 4.78 is 33.8. The van der Waals surface area contributed by atoms with Crippen LogP contribution in [-0.4, -0.2) is 31.4 Å². The van der Waals surface area contributed by atoms with Gasteiger partial charge in [0.25, 0.3) is 0 Å². The maximum Gasteiger partial charge on any atom is 0.218 e. The average molecular weight is 359 g/mol. The number of benzene rings is 2. The van der Waals surface area contributed by atoms with Crippen molar-refractivity contribution in [2.24, 2.45) is 0 Å². The Balaban J connectivity index is 1.86. The van der Waals surface area contributed by atoms with Gasteiger partial charge in [-0.15, -0.1) is 0 Å². The number of aryl methyl sites for hydroxylation is 1. The van der Waals surface area contributed by atoms with Gasteiger partial charge in [0.1, 0.15) is 0 Å². The van der Waals surface area contributed by atoms with Crippen molar-refractivity contribution in [2.45, 2.75) is 38.2 Å². The molecule has 0 bridgehead atoms. The molecule has 1 heterocycles. The predicted molar refractivity (Wildman–Crippen MR) is 99.7 cm³/mol. The van der Waals surface area contributed by atoms with E-state index in [-0.39, 0.29) is 11.9 Å². The van der Waals surface area contributed by atoms with Gasteiger partial charge in [0.05, 0.1) is 24.0 Å². The van der Waals surface area contributed by atoms with Crippen molar-refractivity contribution >= 4 is 10.0 Å². The molecule has 0 radical (unpaired) electrons. The Morgan fingerprint density at radius 3 is 2.52 bits per heavy atom. The summed E-state index contributed by atoms with van der Waals surface area (Å²) in [5.41, 5.74) is 2.33.